The first kappa shape index (κ1) is 37.9. The summed E-state index contributed by atoms with van der Waals surface area (Å²) in [7, 11) is -4.49. The molecule has 1 aliphatic heterocycles. The van der Waals surface area contributed by atoms with Gasteiger partial charge in [0, 0.05) is 6.04 Å². The summed E-state index contributed by atoms with van der Waals surface area (Å²) in [6.45, 7) is 6.08. The number of amides is 1. The summed E-state index contributed by atoms with van der Waals surface area (Å²) in [5.74, 6) is -0.386. The van der Waals surface area contributed by atoms with Crippen molar-refractivity contribution >= 4 is 31.1 Å². The predicted octanol–water partition coefficient (Wildman–Crippen LogP) is 3.18. The number of ether oxygens (including phenoxy) is 3. The zero-order valence-corrected chi connectivity index (χ0v) is 29.7. The maximum atomic E-state index is 14.2. The summed E-state index contributed by atoms with van der Waals surface area (Å²) in [5.41, 5.74) is 3.79. The molecule has 1 aromatic carbocycles. The number of hydrogen-bond acceptors (Lipinski definition) is 14. The second-order valence-corrected chi connectivity index (χ2v) is 15.4. The molecule has 2 aliphatic rings. The van der Waals surface area contributed by atoms with Crippen molar-refractivity contribution in [2.24, 2.45) is 5.92 Å². The van der Waals surface area contributed by atoms with Gasteiger partial charge >= 0.3 is 19.8 Å². The number of fused-ring (bicyclic) bond motifs is 1. The lowest BCUT2D eigenvalue weighted by Gasteiger charge is -2.30. The van der Waals surface area contributed by atoms with Crippen molar-refractivity contribution in [3.63, 3.8) is 0 Å². The maximum Gasteiger partial charge on any atom is 0.459 e. The van der Waals surface area contributed by atoms with Gasteiger partial charge in [-0.2, -0.15) is 15.4 Å². The number of anilines is 1. The Morgan fingerprint density at radius 1 is 1.18 bits per heavy atom. The lowest BCUT2D eigenvalue weighted by molar-refractivity contribution is -0.147. The van der Waals surface area contributed by atoms with Crippen LogP contribution in [0, 0.1) is 17.2 Å². The summed E-state index contributed by atoms with van der Waals surface area (Å²) in [5, 5.41) is 41.8. The van der Waals surface area contributed by atoms with Gasteiger partial charge < -0.3 is 40.0 Å². The normalized spacial score (nSPS) is 26.8. The van der Waals surface area contributed by atoms with E-state index >= 15 is 0 Å². The Balaban J connectivity index is 1.22. The average Bonchev–Trinajstić information content (AvgIpc) is 3.62. The minimum absolute atomic E-state index is 0.0448. The summed E-state index contributed by atoms with van der Waals surface area (Å²) in [6, 6.07) is 11.8. The molecule has 5 rings (SSSR count). The van der Waals surface area contributed by atoms with Crippen molar-refractivity contribution in [1.29, 1.82) is 5.26 Å². The van der Waals surface area contributed by atoms with Gasteiger partial charge in [-0.05, 0) is 83.6 Å². The van der Waals surface area contributed by atoms with Crippen LogP contribution in [0.3, 0.4) is 0 Å². The third-order valence-corrected chi connectivity index (χ3v) is 10.2. The zero-order chi connectivity index (χ0) is 37.0. The average molecular weight is 730 g/mol. The molecule has 6 atom stereocenters. The highest BCUT2D eigenvalue weighted by atomic mass is 31.2. The molecular formula is C33H44N7O10P. The van der Waals surface area contributed by atoms with Gasteiger partial charge in [-0.1, -0.05) is 18.2 Å². The quantitative estimate of drug-likeness (QED) is 0.133. The van der Waals surface area contributed by atoms with E-state index in [0.29, 0.717) is 31.2 Å². The van der Waals surface area contributed by atoms with E-state index in [1.54, 1.807) is 51.1 Å². The highest BCUT2D eigenvalue weighted by molar-refractivity contribution is 7.52. The number of nitrogens with one attached hydrogen (secondary N) is 2. The Labute approximate surface area is 294 Å². The van der Waals surface area contributed by atoms with Gasteiger partial charge in [0.05, 0.1) is 12.3 Å². The van der Waals surface area contributed by atoms with Gasteiger partial charge in [-0.25, -0.2) is 18.9 Å². The molecule has 1 amide bonds. The molecule has 18 heteroatoms. The molecule has 1 aliphatic carbocycles. The number of nitrogen functional groups attached to an aromatic ring is 1. The van der Waals surface area contributed by atoms with Crippen molar-refractivity contribution in [3.05, 3.63) is 54.5 Å². The Bertz CT molecular complexity index is 1770. The van der Waals surface area contributed by atoms with Crippen LogP contribution >= 0.6 is 7.75 Å². The minimum atomic E-state index is -4.49. The number of para-hydroxylation sites is 1. The zero-order valence-electron chi connectivity index (χ0n) is 28.8. The molecule has 1 saturated heterocycles. The van der Waals surface area contributed by atoms with Crippen molar-refractivity contribution in [3.8, 4) is 11.8 Å². The molecule has 0 spiro atoms. The predicted molar refractivity (Wildman–Crippen MR) is 181 cm³/mol. The van der Waals surface area contributed by atoms with E-state index < -0.39 is 62.0 Å². The van der Waals surface area contributed by atoms with Crippen LogP contribution < -0.4 is 20.7 Å². The van der Waals surface area contributed by atoms with Gasteiger partial charge in [-0.15, -0.1) is 0 Å². The van der Waals surface area contributed by atoms with Crippen LogP contribution in [0.25, 0.3) is 5.52 Å². The van der Waals surface area contributed by atoms with Crippen LogP contribution in [0.15, 0.2) is 48.8 Å². The molecule has 17 nitrogen and oxygen atoms in total. The second-order valence-electron chi connectivity index (χ2n) is 13.7. The van der Waals surface area contributed by atoms with Crippen molar-refractivity contribution in [2.75, 3.05) is 18.9 Å². The maximum absolute atomic E-state index is 14.2. The molecule has 1 saturated carbocycles. The molecule has 3 heterocycles. The Morgan fingerprint density at radius 2 is 1.88 bits per heavy atom. The third kappa shape index (κ3) is 9.14. The molecule has 51 heavy (non-hydrogen) atoms. The van der Waals surface area contributed by atoms with Crippen LogP contribution in [0.4, 0.5) is 10.6 Å². The molecule has 276 valence electrons. The highest BCUT2D eigenvalue weighted by Crippen LogP contribution is 2.48. The smallest absolute Gasteiger partial charge is 0.459 e. The first-order valence-corrected chi connectivity index (χ1v) is 18.1. The van der Waals surface area contributed by atoms with E-state index in [9.17, 15) is 29.6 Å². The van der Waals surface area contributed by atoms with Crippen LogP contribution in [0.2, 0.25) is 0 Å². The van der Waals surface area contributed by atoms with E-state index in [2.05, 4.69) is 20.5 Å². The van der Waals surface area contributed by atoms with Gasteiger partial charge in [0.25, 0.3) is 0 Å². The number of nitrogens with two attached hydrogens (primary N) is 1. The summed E-state index contributed by atoms with van der Waals surface area (Å²) in [6.07, 6.45) is -1.18. The number of carbonyl (C=O) groups excluding carboxylic acids is 2. The number of nitrogens with zero attached hydrogens (tertiary/aromatic N) is 4. The molecule has 3 aromatic rings. The first-order valence-electron chi connectivity index (χ1n) is 16.6. The molecule has 2 aromatic heterocycles. The largest absolute Gasteiger partial charge is 0.464 e. The fourth-order valence-electron chi connectivity index (χ4n) is 5.93. The number of rotatable bonds is 12. The lowest BCUT2D eigenvalue weighted by Crippen LogP contribution is -2.46. The van der Waals surface area contributed by atoms with Crippen LogP contribution in [0.1, 0.15) is 65.2 Å². The van der Waals surface area contributed by atoms with Crippen molar-refractivity contribution < 1.29 is 47.6 Å². The van der Waals surface area contributed by atoms with E-state index in [-0.39, 0.29) is 35.8 Å². The molecule has 0 bridgehead atoms. The van der Waals surface area contributed by atoms with Gasteiger partial charge in [0.15, 0.2) is 5.82 Å². The number of benzene rings is 1. The summed E-state index contributed by atoms with van der Waals surface area (Å²) < 4.78 is 43.8. The number of carbonyl (C=O) groups is 2. The Kier molecular flexibility index (Phi) is 11.5. The second kappa shape index (κ2) is 15.5. The minimum Gasteiger partial charge on any atom is -0.464 e. The van der Waals surface area contributed by atoms with Crippen molar-refractivity contribution in [2.45, 2.75) is 95.0 Å². The van der Waals surface area contributed by atoms with Crippen LogP contribution in [-0.4, -0.2) is 85.6 Å². The number of aliphatic hydroxyl groups is 2. The van der Waals surface area contributed by atoms with E-state index in [0.717, 1.165) is 0 Å². The summed E-state index contributed by atoms with van der Waals surface area (Å²) >= 11 is 0. The lowest BCUT2D eigenvalue weighted by atomic mass is 9.86. The molecule has 6 N–H and O–H groups in total. The number of alkyl carbamates (subject to hydrolysis) is 1. The first-order chi connectivity index (χ1) is 24.1. The van der Waals surface area contributed by atoms with Gasteiger partial charge in [0.1, 0.15) is 60.2 Å². The molecule has 2 fully saturated rings. The fraction of sp³-hybridized carbons (Fsp3) is 0.545. The van der Waals surface area contributed by atoms with Crippen molar-refractivity contribution in [1.82, 2.24) is 25.0 Å². The number of aliphatic hydroxyl groups excluding tert-OH is 2. The fourth-order valence-corrected chi connectivity index (χ4v) is 7.45. The number of aromatic nitrogens is 3. The Morgan fingerprint density at radius 3 is 2.55 bits per heavy atom. The topological polar surface area (TPSA) is 242 Å². The molecular weight excluding hydrogens is 685 g/mol. The third-order valence-electron chi connectivity index (χ3n) is 8.59. The number of esters is 1. The summed E-state index contributed by atoms with van der Waals surface area (Å²) in [4.78, 5) is 29.1. The van der Waals surface area contributed by atoms with E-state index in [1.807, 2.05) is 6.07 Å². The van der Waals surface area contributed by atoms with Gasteiger partial charge in [-0.3, -0.25) is 9.32 Å². The molecule has 1 unspecified atom stereocenters. The monoisotopic (exact) mass is 729 g/mol. The van der Waals surface area contributed by atoms with E-state index in [4.69, 9.17) is 29.0 Å². The van der Waals surface area contributed by atoms with E-state index in [1.165, 1.54) is 29.9 Å². The molecule has 0 radical (unpaired) electrons. The highest BCUT2D eigenvalue weighted by Gasteiger charge is 2.57. The SMILES string of the molecule is C[C@H](NP(=O)(OC[C@@]1(C#N)O[C@@H](c2ccc3c(N)ncnn23)[C@H](O)[C@@H]1O)Oc1ccccc1)C(=O)OCC1CCC(NC(=O)OC(C)(C)C)CC1. The van der Waals surface area contributed by atoms with Gasteiger partial charge in [0.2, 0.25) is 5.60 Å². The Hall–Kier alpha value is -4.30. The van der Waals surface area contributed by atoms with Crippen LogP contribution in [-0.2, 0) is 28.1 Å². The number of hydrogen-bond donors (Lipinski definition) is 5. The standard InChI is InChI=1S/C33H44N7O10P/c1-20(30(43)46-16-21-10-12-22(13-11-21)38-31(44)49-32(2,3)4)39-51(45,50-23-8-6-5-7-9-23)47-18-33(17-34)28(42)26(41)27(48-33)24-14-15-25-29(35)36-19-37-40(24)25/h5-9,14-15,19-22,26-28,41-42H,10-13,16,18H2,1-4H3,(H,38,44)(H,39,45)(H2,35,36,37)/t20-,21?,22?,26-,27-,28-,33+,51?/m0/s1. The number of nitriles is 1. The van der Waals surface area contributed by atoms with Crippen LogP contribution in [0.5, 0.6) is 5.75 Å².